The molecule has 1 aliphatic rings. The summed E-state index contributed by atoms with van der Waals surface area (Å²) >= 11 is 9.37. The lowest BCUT2D eigenvalue weighted by atomic mass is 10.0. The molecule has 1 aromatic rings. The summed E-state index contributed by atoms with van der Waals surface area (Å²) in [5.41, 5.74) is 6.82. The van der Waals surface area contributed by atoms with E-state index in [0.717, 1.165) is 21.9 Å². The predicted molar refractivity (Wildman–Crippen MR) is 62.2 cm³/mol. The van der Waals surface area contributed by atoms with Crippen LogP contribution >= 0.6 is 27.5 Å². The Morgan fingerprint density at radius 2 is 2.29 bits per heavy atom. The van der Waals surface area contributed by atoms with Crippen molar-refractivity contribution in [1.82, 2.24) is 5.32 Å². The minimum absolute atomic E-state index is 0.334. The van der Waals surface area contributed by atoms with Crippen LogP contribution in [0.2, 0.25) is 5.02 Å². The average Bonchev–Trinajstić information content (AvgIpc) is 2.57. The van der Waals surface area contributed by atoms with E-state index in [1.807, 2.05) is 18.2 Å². The highest BCUT2D eigenvalue weighted by Crippen LogP contribution is 2.28. The molecular weight excluding hydrogens is 263 g/mol. The fraction of sp³-hybridized carbons (Fsp3) is 0.200. The Morgan fingerprint density at radius 1 is 1.50 bits per heavy atom. The van der Waals surface area contributed by atoms with Crippen LogP contribution in [0.5, 0.6) is 0 Å². The first-order valence-corrected chi connectivity index (χ1v) is 5.50. The summed E-state index contributed by atoms with van der Waals surface area (Å²) in [6.45, 7) is 0.851. The minimum atomic E-state index is 0.334. The third kappa shape index (κ3) is 1.88. The van der Waals surface area contributed by atoms with Crippen molar-refractivity contribution in [2.24, 2.45) is 5.73 Å². The van der Waals surface area contributed by atoms with E-state index in [4.69, 9.17) is 17.3 Å². The topological polar surface area (TPSA) is 38.0 Å². The highest BCUT2D eigenvalue weighted by atomic mass is 79.9. The summed E-state index contributed by atoms with van der Waals surface area (Å²) in [4.78, 5) is 0. The van der Waals surface area contributed by atoms with Crippen molar-refractivity contribution in [3.63, 3.8) is 0 Å². The lowest BCUT2D eigenvalue weighted by Crippen LogP contribution is -2.15. The van der Waals surface area contributed by atoms with E-state index in [1.54, 1.807) is 0 Å². The maximum Gasteiger partial charge on any atom is 0.0926 e. The van der Waals surface area contributed by atoms with Gasteiger partial charge in [-0.15, -0.1) is 0 Å². The van der Waals surface area contributed by atoms with Gasteiger partial charge in [0.2, 0.25) is 0 Å². The molecule has 0 spiro atoms. The fourth-order valence-corrected chi connectivity index (χ4v) is 1.96. The average molecular weight is 274 g/mol. The predicted octanol–water partition coefficient (Wildman–Crippen LogP) is 2.59. The second-order valence-corrected chi connectivity index (χ2v) is 4.54. The molecule has 3 N–H and O–H groups in total. The Bertz CT molecular complexity index is 390. The highest BCUT2D eigenvalue weighted by molar-refractivity contribution is 9.10. The molecule has 1 atom stereocenters. The van der Waals surface area contributed by atoms with Gasteiger partial charge < -0.3 is 11.1 Å². The van der Waals surface area contributed by atoms with Gasteiger partial charge in [-0.3, -0.25) is 0 Å². The van der Waals surface area contributed by atoms with Crippen molar-refractivity contribution in [2.45, 2.75) is 5.92 Å². The summed E-state index contributed by atoms with van der Waals surface area (Å²) in [6.07, 6.45) is 2.01. The number of hydrogen-bond donors (Lipinski definition) is 2. The molecule has 74 valence electrons. The second kappa shape index (κ2) is 3.83. The molecule has 2 rings (SSSR count). The summed E-state index contributed by atoms with van der Waals surface area (Å²) in [7, 11) is 0. The zero-order chi connectivity index (χ0) is 10.1. The van der Waals surface area contributed by atoms with Gasteiger partial charge in [0.1, 0.15) is 0 Å². The van der Waals surface area contributed by atoms with Gasteiger partial charge in [0.25, 0.3) is 0 Å². The van der Waals surface area contributed by atoms with Crippen LogP contribution in [-0.2, 0) is 0 Å². The van der Waals surface area contributed by atoms with Crippen LogP contribution in [0.3, 0.4) is 0 Å². The van der Waals surface area contributed by atoms with Gasteiger partial charge in [0.05, 0.1) is 10.8 Å². The monoisotopic (exact) mass is 272 g/mol. The van der Waals surface area contributed by atoms with E-state index in [1.165, 1.54) is 5.56 Å². The molecule has 0 radical (unpaired) electrons. The van der Waals surface area contributed by atoms with Crippen LogP contribution in [0.15, 0.2) is 34.6 Å². The standard InChI is InChI=1S/C10H10BrClN2/c11-8-2-1-6(3-9(8)12)7-4-10(13)14-5-7/h1-4,7,14H,5,13H2/t7-/m1/s1. The van der Waals surface area contributed by atoms with Crippen molar-refractivity contribution >= 4 is 27.5 Å². The van der Waals surface area contributed by atoms with Crippen LogP contribution in [0, 0.1) is 0 Å². The van der Waals surface area contributed by atoms with Crippen molar-refractivity contribution in [3.05, 3.63) is 45.2 Å². The van der Waals surface area contributed by atoms with Gasteiger partial charge in [-0.1, -0.05) is 17.7 Å². The molecule has 0 fully saturated rings. The number of hydrogen-bond acceptors (Lipinski definition) is 2. The van der Waals surface area contributed by atoms with E-state index in [0.29, 0.717) is 5.92 Å². The van der Waals surface area contributed by atoms with Crippen molar-refractivity contribution in [1.29, 1.82) is 0 Å². The number of nitrogens with two attached hydrogens (primary N) is 1. The largest absolute Gasteiger partial charge is 0.386 e. The third-order valence-corrected chi connectivity index (χ3v) is 3.51. The molecule has 0 aliphatic carbocycles. The molecule has 14 heavy (non-hydrogen) atoms. The lowest BCUT2D eigenvalue weighted by Gasteiger charge is -2.08. The van der Waals surface area contributed by atoms with E-state index >= 15 is 0 Å². The fourth-order valence-electron chi connectivity index (χ4n) is 1.52. The molecule has 0 unspecified atom stereocenters. The Balaban J connectivity index is 2.29. The van der Waals surface area contributed by atoms with Gasteiger partial charge in [-0.2, -0.15) is 0 Å². The maximum absolute atomic E-state index is 6.01. The SMILES string of the molecule is NC1=C[C@@H](c2ccc(Br)c(Cl)c2)CN1. The van der Waals surface area contributed by atoms with Gasteiger partial charge in [0.15, 0.2) is 0 Å². The summed E-state index contributed by atoms with van der Waals surface area (Å²) in [6, 6.07) is 5.98. The minimum Gasteiger partial charge on any atom is -0.386 e. The van der Waals surface area contributed by atoms with E-state index in [9.17, 15) is 0 Å². The maximum atomic E-state index is 6.01. The van der Waals surface area contributed by atoms with Crippen LogP contribution in [0.1, 0.15) is 11.5 Å². The number of benzene rings is 1. The first-order chi connectivity index (χ1) is 6.66. The van der Waals surface area contributed by atoms with Gasteiger partial charge in [-0.05, 0) is 39.7 Å². The molecule has 1 aliphatic heterocycles. The molecule has 0 amide bonds. The van der Waals surface area contributed by atoms with Gasteiger partial charge in [0, 0.05) is 16.9 Å². The third-order valence-electron chi connectivity index (χ3n) is 2.28. The zero-order valence-electron chi connectivity index (χ0n) is 7.43. The zero-order valence-corrected chi connectivity index (χ0v) is 9.77. The van der Waals surface area contributed by atoms with E-state index in [-0.39, 0.29) is 0 Å². The van der Waals surface area contributed by atoms with Crippen LogP contribution in [0.4, 0.5) is 0 Å². The molecule has 0 saturated carbocycles. The van der Waals surface area contributed by atoms with Crippen LogP contribution < -0.4 is 11.1 Å². The second-order valence-electron chi connectivity index (χ2n) is 3.28. The molecule has 0 saturated heterocycles. The normalized spacial score (nSPS) is 20.4. The molecule has 0 bridgehead atoms. The van der Waals surface area contributed by atoms with Crippen LogP contribution in [0.25, 0.3) is 0 Å². The van der Waals surface area contributed by atoms with Crippen molar-refractivity contribution in [2.75, 3.05) is 6.54 Å². The number of halogens is 2. The summed E-state index contributed by atoms with van der Waals surface area (Å²) < 4.78 is 0.922. The van der Waals surface area contributed by atoms with Gasteiger partial charge >= 0.3 is 0 Å². The first-order valence-electron chi connectivity index (χ1n) is 4.33. The Hall–Kier alpha value is -0.670. The molecule has 0 aromatic heterocycles. The summed E-state index contributed by atoms with van der Waals surface area (Å²) in [5.74, 6) is 1.08. The number of nitrogens with one attached hydrogen (secondary N) is 1. The molecular formula is C10H10BrClN2. The Kier molecular flexibility index (Phi) is 2.70. The Morgan fingerprint density at radius 3 is 2.86 bits per heavy atom. The molecule has 4 heteroatoms. The van der Waals surface area contributed by atoms with Crippen molar-refractivity contribution in [3.8, 4) is 0 Å². The molecule has 1 heterocycles. The molecule has 2 nitrogen and oxygen atoms in total. The van der Waals surface area contributed by atoms with E-state index in [2.05, 4.69) is 27.3 Å². The van der Waals surface area contributed by atoms with Gasteiger partial charge in [-0.25, -0.2) is 0 Å². The lowest BCUT2D eigenvalue weighted by molar-refractivity contribution is 0.791. The highest BCUT2D eigenvalue weighted by Gasteiger charge is 2.15. The van der Waals surface area contributed by atoms with Crippen molar-refractivity contribution < 1.29 is 0 Å². The molecule has 1 aromatic carbocycles. The van der Waals surface area contributed by atoms with Crippen LogP contribution in [-0.4, -0.2) is 6.54 Å². The first kappa shape index (κ1) is 9.87. The van der Waals surface area contributed by atoms with E-state index < -0.39 is 0 Å². The number of rotatable bonds is 1. The quantitative estimate of drug-likeness (QED) is 0.825. The Labute approximate surface area is 96.3 Å². The smallest absolute Gasteiger partial charge is 0.0926 e. The summed E-state index contributed by atoms with van der Waals surface area (Å²) in [5, 5.41) is 3.82.